The molecule has 0 aromatic heterocycles. The number of benzene rings is 4. The number of hydrogen-bond acceptors (Lipinski definition) is 4. The summed E-state index contributed by atoms with van der Waals surface area (Å²) >= 11 is 12.5. The van der Waals surface area contributed by atoms with Crippen LogP contribution in [0.4, 0.5) is 5.69 Å². The molecule has 1 atom stereocenters. The lowest BCUT2D eigenvalue weighted by atomic mass is 10.0. The SMILES string of the molecule is Cc1cccc(CN(C(=O)CN(c2ccc(Cl)c(Cl)c2)S(=O)(=O)c2ccccc2)[C@H](Cc2ccccc2)C(=O)NC(C)C)c1. The van der Waals surface area contributed by atoms with Crippen LogP contribution in [0.2, 0.25) is 10.0 Å². The molecular weight excluding hydrogens is 617 g/mol. The number of sulfonamides is 1. The van der Waals surface area contributed by atoms with Crippen molar-refractivity contribution in [3.8, 4) is 0 Å². The molecular formula is C34H35Cl2N3O4S. The highest BCUT2D eigenvalue weighted by atomic mass is 35.5. The van der Waals surface area contributed by atoms with E-state index < -0.39 is 28.5 Å². The Morgan fingerprint density at radius 3 is 2.05 bits per heavy atom. The molecule has 0 aliphatic carbocycles. The number of carbonyl (C=O) groups excluding carboxylic acids is 2. The Hall–Kier alpha value is -3.85. The number of hydrogen-bond donors (Lipinski definition) is 1. The molecule has 10 heteroatoms. The fourth-order valence-corrected chi connectivity index (χ4v) is 6.55. The van der Waals surface area contributed by atoms with Crippen molar-refractivity contribution in [2.75, 3.05) is 10.8 Å². The Kier molecular flexibility index (Phi) is 11.1. The number of rotatable bonds is 12. The number of amides is 2. The number of halogens is 2. The Morgan fingerprint density at radius 1 is 0.795 bits per heavy atom. The first-order valence-corrected chi connectivity index (χ1v) is 16.4. The van der Waals surface area contributed by atoms with Gasteiger partial charge in [0.05, 0.1) is 20.6 Å². The second-order valence-electron chi connectivity index (χ2n) is 10.8. The Morgan fingerprint density at radius 2 is 1.43 bits per heavy atom. The molecule has 0 saturated heterocycles. The molecule has 0 heterocycles. The number of nitrogens with zero attached hydrogens (tertiary/aromatic N) is 2. The van der Waals surface area contributed by atoms with Crippen LogP contribution in [0.25, 0.3) is 0 Å². The van der Waals surface area contributed by atoms with E-state index in [0.717, 1.165) is 21.0 Å². The first kappa shape index (κ1) is 33.1. The largest absolute Gasteiger partial charge is 0.352 e. The lowest BCUT2D eigenvalue weighted by Gasteiger charge is -2.34. The number of anilines is 1. The molecule has 0 aliphatic rings. The molecule has 0 saturated carbocycles. The molecule has 0 bridgehead atoms. The third kappa shape index (κ3) is 8.40. The van der Waals surface area contributed by atoms with Gasteiger partial charge in [0, 0.05) is 19.0 Å². The van der Waals surface area contributed by atoms with Crippen LogP contribution in [0.5, 0.6) is 0 Å². The van der Waals surface area contributed by atoms with E-state index in [2.05, 4.69) is 5.32 Å². The van der Waals surface area contributed by atoms with Crippen LogP contribution in [0.1, 0.15) is 30.5 Å². The van der Waals surface area contributed by atoms with Crippen molar-refractivity contribution in [3.63, 3.8) is 0 Å². The van der Waals surface area contributed by atoms with E-state index in [4.69, 9.17) is 23.2 Å². The molecule has 0 radical (unpaired) electrons. The van der Waals surface area contributed by atoms with Gasteiger partial charge < -0.3 is 10.2 Å². The fourth-order valence-electron chi connectivity index (χ4n) is 4.83. The minimum atomic E-state index is -4.23. The van der Waals surface area contributed by atoms with Crippen LogP contribution in [-0.2, 0) is 32.6 Å². The molecule has 1 N–H and O–H groups in total. The molecule has 0 spiro atoms. The third-order valence-electron chi connectivity index (χ3n) is 6.94. The summed E-state index contributed by atoms with van der Waals surface area (Å²) in [6, 6.07) is 28.2. The highest BCUT2D eigenvalue weighted by molar-refractivity contribution is 7.92. The van der Waals surface area contributed by atoms with E-state index >= 15 is 0 Å². The lowest BCUT2D eigenvalue weighted by molar-refractivity contribution is -0.140. The van der Waals surface area contributed by atoms with E-state index in [1.165, 1.54) is 35.2 Å². The molecule has 2 amide bonds. The molecule has 4 rings (SSSR count). The zero-order valence-electron chi connectivity index (χ0n) is 24.8. The Labute approximate surface area is 269 Å². The van der Waals surface area contributed by atoms with Crippen LogP contribution >= 0.6 is 23.2 Å². The predicted molar refractivity (Wildman–Crippen MR) is 176 cm³/mol. The van der Waals surface area contributed by atoms with Gasteiger partial charge in [-0.15, -0.1) is 0 Å². The van der Waals surface area contributed by atoms with Crippen molar-refractivity contribution in [1.29, 1.82) is 0 Å². The second kappa shape index (κ2) is 14.8. The maximum absolute atomic E-state index is 14.4. The smallest absolute Gasteiger partial charge is 0.264 e. The van der Waals surface area contributed by atoms with Gasteiger partial charge in [0.25, 0.3) is 10.0 Å². The zero-order chi connectivity index (χ0) is 31.9. The number of nitrogens with one attached hydrogen (secondary N) is 1. The molecule has 230 valence electrons. The maximum atomic E-state index is 14.4. The quantitative estimate of drug-likeness (QED) is 0.186. The fraction of sp³-hybridized carbons (Fsp3) is 0.235. The van der Waals surface area contributed by atoms with Gasteiger partial charge in [-0.1, -0.05) is 102 Å². The lowest BCUT2D eigenvalue weighted by Crippen LogP contribution is -2.54. The van der Waals surface area contributed by atoms with Crippen LogP contribution in [0.3, 0.4) is 0 Å². The number of aryl methyl sites for hydroxylation is 1. The van der Waals surface area contributed by atoms with Crippen molar-refractivity contribution in [1.82, 2.24) is 10.2 Å². The molecule has 0 unspecified atom stereocenters. The predicted octanol–water partition coefficient (Wildman–Crippen LogP) is 6.66. The van der Waals surface area contributed by atoms with Crippen molar-refractivity contribution in [2.24, 2.45) is 0 Å². The summed E-state index contributed by atoms with van der Waals surface area (Å²) in [5.74, 6) is -0.895. The van der Waals surface area contributed by atoms with E-state index in [1.54, 1.807) is 18.2 Å². The van der Waals surface area contributed by atoms with Gasteiger partial charge in [0.15, 0.2) is 0 Å². The van der Waals surface area contributed by atoms with Gasteiger partial charge in [-0.3, -0.25) is 13.9 Å². The summed E-state index contributed by atoms with van der Waals surface area (Å²) in [7, 11) is -4.23. The third-order valence-corrected chi connectivity index (χ3v) is 9.47. The monoisotopic (exact) mass is 651 g/mol. The molecule has 7 nitrogen and oxygen atoms in total. The normalized spacial score (nSPS) is 12.0. The highest BCUT2D eigenvalue weighted by Crippen LogP contribution is 2.31. The van der Waals surface area contributed by atoms with Crippen LogP contribution in [0.15, 0.2) is 108 Å². The van der Waals surface area contributed by atoms with Gasteiger partial charge in [0.1, 0.15) is 12.6 Å². The van der Waals surface area contributed by atoms with Crippen molar-refractivity contribution < 1.29 is 18.0 Å². The summed E-state index contributed by atoms with van der Waals surface area (Å²) in [6.45, 7) is 5.15. The summed E-state index contributed by atoms with van der Waals surface area (Å²) in [5, 5.41) is 3.34. The number of carbonyl (C=O) groups is 2. The van der Waals surface area contributed by atoms with E-state index in [1.807, 2.05) is 75.4 Å². The maximum Gasteiger partial charge on any atom is 0.264 e. The minimum Gasteiger partial charge on any atom is -0.352 e. The first-order valence-electron chi connectivity index (χ1n) is 14.2. The average molecular weight is 653 g/mol. The molecule has 0 fully saturated rings. The summed E-state index contributed by atoms with van der Waals surface area (Å²) in [5.41, 5.74) is 2.82. The summed E-state index contributed by atoms with van der Waals surface area (Å²) < 4.78 is 29.1. The first-order chi connectivity index (χ1) is 21.0. The van der Waals surface area contributed by atoms with E-state index in [9.17, 15) is 18.0 Å². The summed E-state index contributed by atoms with van der Waals surface area (Å²) in [6.07, 6.45) is 0.231. The van der Waals surface area contributed by atoms with E-state index in [0.29, 0.717) is 0 Å². The van der Waals surface area contributed by atoms with Crippen LogP contribution < -0.4 is 9.62 Å². The van der Waals surface area contributed by atoms with Crippen LogP contribution in [-0.4, -0.2) is 43.8 Å². The molecule has 0 aliphatic heterocycles. The van der Waals surface area contributed by atoms with Crippen molar-refractivity contribution in [2.45, 2.75) is 50.7 Å². The van der Waals surface area contributed by atoms with Gasteiger partial charge in [-0.25, -0.2) is 8.42 Å². The topological polar surface area (TPSA) is 86.8 Å². The summed E-state index contributed by atoms with van der Waals surface area (Å²) in [4.78, 5) is 29.7. The van der Waals surface area contributed by atoms with Gasteiger partial charge in [-0.2, -0.15) is 0 Å². The molecule has 4 aromatic carbocycles. The zero-order valence-corrected chi connectivity index (χ0v) is 27.1. The minimum absolute atomic E-state index is 0.00231. The Balaban J connectivity index is 1.82. The molecule has 4 aromatic rings. The average Bonchev–Trinajstić information content (AvgIpc) is 2.99. The highest BCUT2D eigenvalue weighted by Gasteiger charge is 2.35. The standard InChI is InChI=1S/C34H35Cl2N3O4S/c1-24(2)37-34(41)32(20-26-12-6-4-7-13-26)38(22-27-14-10-11-25(3)19-27)33(40)23-39(28-17-18-30(35)31(36)21-28)44(42,43)29-15-8-5-9-16-29/h4-19,21,24,32H,20,22-23H2,1-3H3,(H,37,41)/t32-/m1/s1. The van der Waals surface area contributed by atoms with Gasteiger partial charge in [0.2, 0.25) is 11.8 Å². The van der Waals surface area contributed by atoms with Crippen molar-refractivity contribution in [3.05, 3.63) is 130 Å². The Bertz CT molecular complexity index is 1700. The molecule has 44 heavy (non-hydrogen) atoms. The van der Waals surface area contributed by atoms with Crippen molar-refractivity contribution >= 4 is 50.7 Å². The van der Waals surface area contributed by atoms with Gasteiger partial charge >= 0.3 is 0 Å². The van der Waals surface area contributed by atoms with E-state index in [-0.39, 0.29) is 45.5 Å². The second-order valence-corrected chi connectivity index (χ2v) is 13.5. The van der Waals surface area contributed by atoms with Crippen LogP contribution in [0, 0.1) is 6.92 Å². The van der Waals surface area contributed by atoms with Gasteiger partial charge in [-0.05, 0) is 62.2 Å².